The molecule has 0 radical (unpaired) electrons. The summed E-state index contributed by atoms with van der Waals surface area (Å²) in [5.41, 5.74) is 5.59. The molecule has 5 heteroatoms. The molecule has 2 aromatic rings. The monoisotopic (exact) mass is 347 g/mol. The zero-order valence-electron chi connectivity index (χ0n) is 8.58. The van der Waals surface area contributed by atoms with Gasteiger partial charge < -0.3 is 10.5 Å². The van der Waals surface area contributed by atoms with Gasteiger partial charge in [0, 0.05) is 15.7 Å². The molecule has 0 bridgehead atoms. The van der Waals surface area contributed by atoms with Crippen molar-refractivity contribution in [2.24, 2.45) is 0 Å². The van der Waals surface area contributed by atoms with Gasteiger partial charge in [0.1, 0.15) is 5.75 Å². The maximum Gasteiger partial charge on any atom is 0.162 e. The van der Waals surface area contributed by atoms with Gasteiger partial charge in [0.15, 0.2) is 17.4 Å². The smallest absolute Gasteiger partial charge is 0.162 e. The van der Waals surface area contributed by atoms with E-state index in [4.69, 9.17) is 10.5 Å². The van der Waals surface area contributed by atoms with Crippen LogP contribution in [0.1, 0.15) is 0 Å². The summed E-state index contributed by atoms with van der Waals surface area (Å²) in [7, 11) is 0. The zero-order chi connectivity index (χ0) is 12.4. The fraction of sp³-hybridized carbons (Fsp3) is 0. The summed E-state index contributed by atoms with van der Waals surface area (Å²) in [6, 6.07) is 8.96. The van der Waals surface area contributed by atoms with Crippen LogP contribution in [-0.4, -0.2) is 0 Å². The Morgan fingerprint density at radius 3 is 2.24 bits per heavy atom. The minimum Gasteiger partial charge on any atom is -0.455 e. The van der Waals surface area contributed by atoms with Gasteiger partial charge in [0.25, 0.3) is 0 Å². The lowest BCUT2D eigenvalue weighted by Gasteiger charge is -2.08. The molecule has 0 unspecified atom stereocenters. The van der Waals surface area contributed by atoms with Crippen LogP contribution in [0.2, 0.25) is 0 Å². The summed E-state index contributed by atoms with van der Waals surface area (Å²) < 4.78 is 32.3. The summed E-state index contributed by atoms with van der Waals surface area (Å²) >= 11 is 2.15. The second-order valence-electron chi connectivity index (χ2n) is 3.36. The first kappa shape index (κ1) is 12.1. The van der Waals surface area contributed by atoms with Gasteiger partial charge in [-0.05, 0) is 46.9 Å². The number of nitrogens with two attached hydrogens (primary N) is 1. The number of anilines is 1. The van der Waals surface area contributed by atoms with Crippen LogP contribution in [-0.2, 0) is 0 Å². The molecule has 0 aliphatic heterocycles. The van der Waals surface area contributed by atoms with E-state index in [1.807, 2.05) is 12.1 Å². The van der Waals surface area contributed by atoms with Crippen molar-refractivity contribution in [2.45, 2.75) is 0 Å². The van der Waals surface area contributed by atoms with Crippen LogP contribution in [0.15, 0.2) is 36.4 Å². The number of benzene rings is 2. The van der Waals surface area contributed by atoms with Crippen LogP contribution >= 0.6 is 22.6 Å². The Morgan fingerprint density at radius 2 is 1.59 bits per heavy atom. The minimum absolute atomic E-state index is 0.0578. The number of hydrogen-bond donors (Lipinski definition) is 1. The zero-order valence-corrected chi connectivity index (χ0v) is 10.7. The van der Waals surface area contributed by atoms with Crippen molar-refractivity contribution in [3.63, 3.8) is 0 Å². The first-order chi connectivity index (χ1) is 8.06. The molecule has 0 aromatic heterocycles. The number of halogens is 3. The molecular formula is C12H8F2INO. The molecular weight excluding hydrogens is 339 g/mol. The summed E-state index contributed by atoms with van der Waals surface area (Å²) in [6.07, 6.45) is 0. The highest BCUT2D eigenvalue weighted by Gasteiger charge is 2.09. The van der Waals surface area contributed by atoms with Gasteiger partial charge in [-0.1, -0.05) is 0 Å². The van der Waals surface area contributed by atoms with E-state index in [1.165, 1.54) is 0 Å². The largest absolute Gasteiger partial charge is 0.455 e. The molecule has 0 saturated heterocycles. The lowest BCUT2D eigenvalue weighted by Crippen LogP contribution is -1.95. The summed E-state index contributed by atoms with van der Waals surface area (Å²) in [4.78, 5) is 0. The second kappa shape index (κ2) is 4.87. The highest BCUT2D eigenvalue weighted by atomic mass is 127. The topological polar surface area (TPSA) is 35.2 Å². The quantitative estimate of drug-likeness (QED) is 0.660. The maximum atomic E-state index is 13.0. The summed E-state index contributed by atoms with van der Waals surface area (Å²) in [5, 5.41) is 0. The third kappa shape index (κ3) is 2.85. The van der Waals surface area contributed by atoms with Gasteiger partial charge in [-0.3, -0.25) is 0 Å². The predicted octanol–water partition coefficient (Wildman–Crippen LogP) is 3.94. The molecule has 0 atom stereocenters. The summed E-state index contributed by atoms with van der Waals surface area (Å²) in [6.45, 7) is 0. The van der Waals surface area contributed by atoms with Gasteiger partial charge >= 0.3 is 0 Å². The highest BCUT2D eigenvalue weighted by molar-refractivity contribution is 14.1. The van der Waals surface area contributed by atoms with E-state index in [0.29, 0.717) is 5.75 Å². The van der Waals surface area contributed by atoms with Crippen LogP contribution in [0.3, 0.4) is 0 Å². The lowest BCUT2D eigenvalue weighted by molar-refractivity contribution is 0.464. The summed E-state index contributed by atoms with van der Waals surface area (Å²) in [5.74, 6) is -1.36. The van der Waals surface area contributed by atoms with E-state index in [-0.39, 0.29) is 11.4 Å². The fourth-order valence-electron chi connectivity index (χ4n) is 1.26. The first-order valence-corrected chi connectivity index (χ1v) is 5.82. The van der Waals surface area contributed by atoms with Crippen LogP contribution in [0, 0.1) is 15.2 Å². The Bertz CT molecular complexity index is 543. The van der Waals surface area contributed by atoms with E-state index >= 15 is 0 Å². The standard InChI is InChI=1S/C12H8F2INO/c13-9-5-11(16)12(6-10(9)14)17-8-3-1-7(15)2-4-8/h1-6H,16H2. The van der Waals surface area contributed by atoms with Gasteiger partial charge in [-0.15, -0.1) is 0 Å². The van der Waals surface area contributed by atoms with E-state index in [2.05, 4.69) is 22.6 Å². The first-order valence-electron chi connectivity index (χ1n) is 4.74. The SMILES string of the molecule is Nc1cc(F)c(F)cc1Oc1ccc(I)cc1. The average molecular weight is 347 g/mol. The fourth-order valence-corrected chi connectivity index (χ4v) is 1.62. The average Bonchev–Trinajstić information content (AvgIpc) is 2.29. The van der Waals surface area contributed by atoms with Crippen molar-refractivity contribution >= 4 is 28.3 Å². The van der Waals surface area contributed by atoms with Crippen molar-refractivity contribution < 1.29 is 13.5 Å². The van der Waals surface area contributed by atoms with E-state index in [0.717, 1.165) is 15.7 Å². The molecule has 2 nitrogen and oxygen atoms in total. The van der Waals surface area contributed by atoms with Crippen molar-refractivity contribution in [3.05, 3.63) is 51.6 Å². The number of rotatable bonds is 2. The van der Waals surface area contributed by atoms with Crippen molar-refractivity contribution in [2.75, 3.05) is 5.73 Å². The molecule has 0 saturated carbocycles. The van der Waals surface area contributed by atoms with Gasteiger partial charge in [0.2, 0.25) is 0 Å². The molecule has 2 N–H and O–H groups in total. The molecule has 88 valence electrons. The molecule has 0 heterocycles. The Hall–Kier alpha value is -1.37. The molecule has 2 rings (SSSR count). The maximum absolute atomic E-state index is 13.0. The number of hydrogen-bond acceptors (Lipinski definition) is 2. The number of ether oxygens (including phenoxy) is 1. The molecule has 2 aromatic carbocycles. The molecule has 0 aliphatic rings. The second-order valence-corrected chi connectivity index (χ2v) is 4.61. The third-order valence-electron chi connectivity index (χ3n) is 2.09. The molecule has 0 aliphatic carbocycles. The highest BCUT2D eigenvalue weighted by Crippen LogP contribution is 2.29. The predicted molar refractivity (Wildman–Crippen MR) is 70.0 cm³/mol. The van der Waals surface area contributed by atoms with Crippen molar-refractivity contribution in [3.8, 4) is 11.5 Å². The van der Waals surface area contributed by atoms with Gasteiger partial charge in [-0.2, -0.15) is 0 Å². The van der Waals surface area contributed by atoms with E-state index < -0.39 is 11.6 Å². The lowest BCUT2D eigenvalue weighted by atomic mass is 10.2. The molecule has 17 heavy (non-hydrogen) atoms. The molecule has 0 spiro atoms. The van der Waals surface area contributed by atoms with Crippen LogP contribution in [0.25, 0.3) is 0 Å². The van der Waals surface area contributed by atoms with E-state index in [1.54, 1.807) is 12.1 Å². The van der Waals surface area contributed by atoms with Gasteiger partial charge in [-0.25, -0.2) is 8.78 Å². The molecule has 0 fully saturated rings. The van der Waals surface area contributed by atoms with E-state index in [9.17, 15) is 8.78 Å². The van der Waals surface area contributed by atoms with Crippen molar-refractivity contribution in [1.82, 2.24) is 0 Å². The third-order valence-corrected chi connectivity index (χ3v) is 2.81. The minimum atomic E-state index is -0.988. The Morgan fingerprint density at radius 1 is 1.00 bits per heavy atom. The normalized spacial score (nSPS) is 10.3. The van der Waals surface area contributed by atoms with Gasteiger partial charge in [0.05, 0.1) is 5.69 Å². The number of nitrogen functional groups attached to an aromatic ring is 1. The van der Waals surface area contributed by atoms with Crippen LogP contribution in [0.5, 0.6) is 11.5 Å². The van der Waals surface area contributed by atoms with Crippen LogP contribution < -0.4 is 10.5 Å². The Balaban J connectivity index is 2.30. The van der Waals surface area contributed by atoms with Crippen molar-refractivity contribution in [1.29, 1.82) is 0 Å². The van der Waals surface area contributed by atoms with Crippen LogP contribution in [0.4, 0.5) is 14.5 Å². The Kier molecular flexibility index (Phi) is 3.46. The molecule has 0 amide bonds. The Labute approximate surface area is 111 Å².